The van der Waals surface area contributed by atoms with Gasteiger partial charge in [-0.05, 0) is 84.5 Å². The molecule has 2 aliphatic carbocycles. The van der Waals surface area contributed by atoms with Crippen LogP contribution in [0.5, 0.6) is 0 Å². The van der Waals surface area contributed by atoms with Gasteiger partial charge in [0.2, 0.25) is 0 Å². The first kappa shape index (κ1) is 24.5. The number of hydrogen-bond donors (Lipinski definition) is 0. The maximum atomic E-state index is 15.5. The van der Waals surface area contributed by atoms with Gasteiger partial charge in [0, 0.05) is 5.56 Å². The Labute approximate surface area is 202 Å². The molecular weight excluding hydrogens is 403 g/mol. The van der Waals surface area contributed by atoms with Crippen molar-refractivity contribution in [1.82, 2.24) is 0 Å². The minimum Gasteiger partial charge on any atom is -0.206 e. The molecule has 180 valence electrons. The zero-order valence-corrected chi connectivity index (χ0v) is 21.3. The third kappa shape index (κ3) is 5.39. The molecule has 0 radical (unpaired) electrons. The zero-order valence-electron chi connectivity index (χ0n) is 21.3. The molecule has 1 heteroatoms. The van der Waals surface area contributed by atoms with Crippen molar-refractivity contribution in [3.05, 3.63) is 59.4 Å². The molecule has 0 aromatic heterocycles. The van der Waals surface area contributed by atoms with Crippen LogP contribution < -0.4 is 0 Å². The van der Waals surface area contributed by atoms with Crippen LogP contribution in [0.1, 0.15) is 121 Å². The molecule has 0 amide bonds. The van der Waals surface area contributed by atoms with Crippen molar-refractivity contribution < 1.29 is 4.39 Å². The van der Waals surface area contributed by atoms with Gasteiger partial charge >= 0.3 is 0 Å². The predicted molar refractivity (Wildman–Crippen MR) is 140 cm³/mol. The van der Waals surface area contributed by atoms with Crippen LogP contribution in [0, 0.1) is 17.7 Å². The van der Waals surface area contributed by atoms with Crippen LogP contribution >= 0.6 is 0 Å². The fraction of sp³-hybridized carbons (Fsp3) is 0.625. The van der Waals surface area contributed by atoms with Crippen LogP contribution in [0.4, 0.5) is 4.39 Å². The molecule has 0 saturated heterocycles. The van der Waals surface area contributed by atoms with Crippen molar-refractivity contribution in [3.8, 4) is 11.1 Å². The summed E-state index contributed by atoms with van der Waals surface area (Å²) >= 11 is 0. The average molecular weight is 449 g/mol. The summed E-state index contributed by atoms with van der Waals surface area (Å²) in [4.78, 5) is 0. The van der Waals surface area contributed by atoms with Crippen LogP contribution in [0.3, 0.4) is 0 Å². The minimum absolute atomic E-state index is 0.0472. The third-order valence-corrected chi connectivity index (χ3v) is 9.19. The van der Waals surface area contributed by atoms with Gasteiger partial charge in [-0.15, -0.1) is 0 Å². The number of rotatable bonds is 8. The largest absolute Gasteiger partial charge is 0.206 e. The first-order chi connectivity index (χ1) is 16.1. The van der Waals surface area contributed by atoms with Gasteiger partial charge < -0.3 is 0 Å². The van der Waals surface area contributed by atoms with Gasteiger partial charge in [-0.3, -0.25) is 0 Å². The minimum atomic E-state index is -0.0472. The summed E-state index contributed by atoms with van der Waals surface area (Å²) in [7, 11) is 0. The van der Waals surface area contributed by atoms with Crippen molar-refractivity contribution in [2.75, 3.05) is 0 Å². The van der Waals surface area contributed by atoms with Crippen molar-refractivity contribution in [1.29, 1.82) is 0 Å². The molecule has 0 spiro atoms. The molecule has 2 saturated carbocycles. The van der Waals surface area contributed by atoms with Crippen molar-refractivity contribution in [3.63, 3.8) is 0 Å². The Balaban J connectivity index is 1.51. The lowest BCUT2D eigenvalue weighted by Gasteiger charge is -2.43. The van der Waals surface area contributed by atoms with E-state index in [0.717, 1.165) is 17.0 Å². The Morgan fingerprint density at radius 2 is 1.58 bits per heavy atom. The van der Waals surface area contributed by atoms with Crippen LogP contribution in [0.2, 0.25) is 0 Å². The molecule has 0 N–H and O–H groups in total. The second-order valence-electron chi connectivity index (χ2n) is 11.2. The molecule has 0 heterocycles. The molecule has 1 unspecified atom stereocenters. The number of hydrogen-bond acceptors (Lipinski definition) is 0. The summed E-state index contributed by atoms with van der Waals surface area (Å²) in [6, 6.07) is 15.0. The van der Waals surface area contributed by atoms with Crippen molar-refractivity contribution >= 4 is 0 Å². The monoisotopic (exact) mass is 448 g/mol. The molecule has 2 fully saturated rings. The smallest absolute Gasteiger partial charge is 0.131 e. The zero-order chi connectivity index (χ0) is 23.3. The highest BCUT2D eigenvalue weighted by Gasteiger charge is 2.38. The topological polar surface area (TPSA) is 0 Å². The van der Waals surface area contributed by atoms with Crippen molar-refractivity contribution in [2.45, 2.75) is 116 Å². The van der Waals surface area contributed by atoms with Crippen LogP contribution in [-0.2, 0) is 5.41 Å². The molecule has 4 rings (SSSR count). The van der Waals surface area contributed by atoms with Gasteiger partial charge in [-0.2, -0.15) is 0 Å². The molecule has 2 aromatic rings. The number of benzene rings is 2. The second kappa shape index (κ2) is 11.2. The van der Waals surface area contributed by atoms with E-state index in [1.165, 1.54) is 94.6 Å². The quantitative estimate of drug-likeness (QED) is 0.377. The van der Waals surface area contributed by atoms with Crippen LogP contribution in [-0.4, -0.2) is 0 Å². The molecule has 33 heavy (non-hydrogen) atoms. The molecule has 0 nitrogen and oxygen atoms in total. The van der Waals surface area contributed by atoms with E-state index in [2.05, 4.69) is 57.2 Å². The summed E-state index contributed by atoms with van der Waals surface area (Å²) in [5, 5.41) is 0. The highest BCUT2D eigenvalue weighted by molar-refractivity contribution is 5.65. The Bertz CT molecular complexity index is 866. The Morgan fingerprint density at radius 1 is 0.879 bits per heavy atom. The van der Waals surface area contributed by atoms with Gasteiger partial charge in [0.1, 0.15) is 5.82 Å². The van der Waals surface area contributed by atoms with Crippen LogP contribution in [0.15, 0.2) is 42.5 Å². The van der Waals surface area contributed by atoms with E-state index in [1.54, 1.807) is 0 Å². The Hall–Kier alpha value is -1.63. The highest BCUT2D eigenvalue weighted by atomic mass is 19.1. The summed E-state index contributed by atoms with van der Waals surface area (Å²) in [5.41, 5.74) is 4.62. The van der Waals surface area contributed by atoms with E-state index in [4.69, 9.17) is 0 Å². The van der Waals surface area contributed by atoms with E-state index in [0.29, 0.717) is 11.8 Å². The molecule has 2 aromatic carbocycles. The summed E-state index contributed by atoms with van der Waals surface area (Å²) < 4.78 is 15.5. The molecule has 0 bridgehead atoms. The molecule has 2 aliphatic rings. The average Bonchev–Trinajstić information content (AvgIpc) is 2.85. The van der Waals surface area contributed by atoms with E-state index in [9.17, 15) is 0 Å². The molecular formula is C32H45F. The second-order valence-corrected chi connectivity index (χ2v) is 11.2. The SMILES string of the molecule is CCCC(C)C1(c2ccc(-c3ccc([C@H]4CC[C@H](CCC)CC4)cc3)c(F)c2)CCCCC1. The van der Waals surface area contributed by atoms with Gasteiger partial charge in [0.05, 0.1) is 0 Å². The fourth-order valence-corrected chi connectivity index (χ4v) is 7.14. The van der Waals surface area contributed by atoms with Crippen molar-refractivity contribution in [2.24, 2.45) is 11.8 Å². The van der Waals surface area contributed by atoms with E-state index < -0.39 is 0 Å². The summed E-state index contributed by atoms with van der Waals surface area (Å²) in [6.07, 6.45) is 16.8. The first-order valence-electron chi connectivity index (χ1n) is 14.0. The van der Waals surface area contributed by atoms with E-state index in [1.807, 2.05) is 6.07 Å². The van der Waals surface area contributed by atoms with E-state index in [-0.39, 0.29) is 11.2 Å². The lowest BCUT2D eigenvalue weighted by atomic mass is 9.61. The Morgan fingerprint density at radius 3 is 2.18 bits per heavy atom. The molecule has 0 aliphatic heterocycles. The third-order valence-electron chi connectivity index (χ3n) is 9.19. The lowest BCUT2D eigenvalue weighted by molar-refractivity contribution is 0.192. The fourth-order valence-electron chi connectivity index (χ4n) is 7.14. The van der Waals surface area contributed by atoms with Gasteiger partial charge in [0.15, 0.2) is 0 Å². The van der Waals surface area contributed by atoms with Crippen LogP contribution in [0.25, 0.3) is 11.1 Å². The maximum Gasteiger partial charge on any atom is 0.131 e. The number of halogens is 1. The van der Waals surface area contributed by atoms with E-state index >= 15 is 4.39 Å². The predicted octanol–water partition coefficient (Wildman–Crippen LogP) is 10.2. The highest BCUT2D eigenvalue weighted by Crippen LogP contribution is 2.47. The van der Waals surface area contributed by atoms with Gasteiger partial charge in [-0.1, -0.05) is 102 Å². The molecule has 1 atom stereocenters. The van der Waals surface area contributed by atoms with Gasteiger partial charge in [0.25, 0.3) is 0 Å². The van der Waals surface area contributed by atoms with Gasteiger partial charge in [-0.25, -0.2) is 4.39 Å². The standard InChI is InChI=1S/C32H45F/c1-4-9-24(3)32(21-7-6-8-22-32)29-19-20-30(31(33)23-29)28-17-15-27(16-18-28)26-13-11-25(10-5-2)12-14-26/h15-20,23-26H,4-14,21-22H2,1-3H3/t24?,25-,26-. The Kier molecular flexibility index (Phi) is 8.31. The lowest BCUT2D eigenvalue weighted by Crippen LogP contribution is -2.36. The normalized spacial score (nSPS) is 23.9. The maximum absolute atomic E-state index is 15.5. The summed E-state index contributed by atoms with van der Waals surface area (Å²) in [6.45, 7) is 6.98. The summed E-state index contributed by atoms with van der Waals surface area (Å²) in [5.74, 6) is 2.19. The first-order valence-corrected chi connectivity index (χ1v) is 14.0.